The van der Waals surface area contributed by atoms with Crippen LogP contribution < -0.4 is 5.32 Å². The van der Waals surface area contributed by atoms with Crippen molar-refractivity contribution < 1.29 is 14.7 Å². The molecule has 0 radical (unpaired) electrons. The fraction of sp³-hybridized carbons (Fsp3) is 0.833. The van der Waals surface area contributed by atoms with Crippen molar-refractivity contribution in [3.63, 3.8) is 0 Å². The van der Waals surface area contributed by atoms with E-state index in [4.69, 9.17) is 5.11 Å². The van der Waals surface area contributed by atoms with Gasteiger partial charge in [-0.15, -0.1) is 0 Å². The van der Waals surface area contributed by atoms with Crippen LogP contribution >= 0.6 is 0 Å². The first-order valence-electron chi connectivity index (χ1n) is 6.20. The molecule has 0 bridgehead atoms. The highest BCUT2D eigenvalue weighted by atomic mass is 16.4. The molecule has 1 aliphatic rings. The van der Waals surface area contributed by atoms with Gasteiger partial charge in [0.25, 0.3) is 0 Å². The number of nitrogens with one attached hydrogen (secondary N) is 1. The van der Waals surface area contributed by atoms with Gasteiger partial charge < -0.3 is 15.3 Å². The third-order valence-electron chi connectivity index (χ3n) is 3.33. The fourth-order valence-corrected chi connectivity index (χ4v) is 2.13. The van der Waals surface area contributed by atoms with Gasteiger partial charge >= 0.3 is 12.0 Å². The Hall–Kier alpha value is -1.26. The highest BCUT2D eigenvalue weighted by Gasteiger charge is 2.37. The maximum absolute atomic E-state index is 11.8. The number of carbonyl (C=O) groups excluding carboxylic acids is 1. The molecule has 1 rings (SSSR count). The molecule has 1 aliphatic heterocycles. The maximum Gasteiger partial charge on any atom is 0.317 e. The number of hydrogen-bond acceptors (Lipinski definition) is 2. The molecule has 0 spiro atoms. The SMILES string of the molecule is CC(C)CCNC(=O)N1CCC(C(=O)O)C1C. The quantitative estimate of drug-likeness (QED) is 0.785. The summed E-state index contributed by atoms with van der Waals surface area (Å²) in [5.41, 5.74) is 0. The first kappa shape index (κ1) is 13.8. The normalized spacial score (nSPS) is 24.1. The summed E-state index contributed by atoms with van der Waals surface area (Å²) >= 11 is 0. The molecule has 5 heteroatoms. The molecule has 98 valence electrons. The van der Waals surface area contributed by atoms with E-state index in [1.807, 2.05) is 0 Å². The lowest BCUT2D eigenvalue weighted by molar-refractivity contribution is -0.142. The van der Waals surface area contributed by atoms with E-state index in [-0.39, 0.29) is 12.1 Å². The van der Waals surface area contributed by atoms with Crippen molar-refractivity contribution in [2.75, 3.05) is 13.1 Å². The number of amides is 2. The number of rotatable bonds is 4. The van der Waals surface area contributed by atoms with Crippen LogP contribution in [-0.2, 0) is 4.79 Å². The third kappa shape index (κ3) is 3.61. The summed E-state index contributed by atoms with van der Waals surface area (Å²) in [4.78, 5) is 24.4. The molecule has 2 atom stereocenters. The minimum atomic E-state index is -0.810. The highest BCUT2D eigenvalue weighted by Crippen LogP contribution is 2.24. The Morgan fingerprint density at radius 1 is 1.47 bits per heavy atom. The number of hydrogen-bond donors (Lipinski definition) is 2. The summed E-state index contributed by atoms with van der Waals surface area (Å²) in [7, 11) is 0. The summed E-state index contributed by atoms with van der Waals surface area (Å²) < 4.78 is 0. The molecule has 5 nitrogen and oxygen atoms in total. The van der Waals surface area contributed by atoms with E-state index in [0.29, 0.717) is 25.4 Å². The minimum Gasteiger partial charge on any atom is -0.481 e. The van der Waals surface area contributed by atoms with E-state index in [2.05, 4.69) is 19.2 Å². The molecule has 0 aromatic rings. The zero-order valence-electron chi connectivity index (χ0n) is 10.8. The van der Waals surface area contributed by atoms with Crippen molar-refractivity contribution in [3.8, 4) is 0 Å². The standard InChI is InChI=1S/C12H22N2O3/c1-8(2)4-6-13-12(17)14-7-5-10(9(14)3)11(15)16/h8-10H,4-7H2,1-3H3,(H,13,17)(H,15,16). The molecule has 0 saturated carbocycles. The lowest BCUT2D eigenvalue weighted by atomic mass is 10.0. The molecule has 2 amide bonds. The summed E-state index contributed by atoms with van der Waals surface area (Å²) in [6.45, 7) is 7.19. The molecular weight excluding hydrogens is 220 g/mol. The number of nitrogens with zero attached hydrogens (tertiary/aromatic N) is 1. The van der Waals surface area contributed by atoms with Crippen molar-refractivity contribution >= 4 is 12.0 Å². The second-order valence-electron chi connectivity index (χ2n) is 5.08. The highest BCUT2D eigenvalue weighted by molar-refractivity contribution is 5.78. The van der Waals surface area contributed by atoms with E-state index in [1.54, 1.807) is 11.8 Å². The number of carbonyl (C=O) groups is 2. The van der Waals surface area contributed by atoms with Crippen LogP contribution in [0.1, 0.15) is 33.6 Å². The largest absolute Gasteiger partial charge is 0.481 e. The zero-order valence-corrected chi connectivity index (χ0v) is 10.8. The number of aliphatic carboxylic acids is 1. The van der Waals surface area contributed by atoms with Gasteiger partial charge in [0.05, 0.1) is 5.92 Å². The van der Waals surface area contributed by atoms with E-state index in [1.165, 1.54) is 0 Å². The Bertz CT molecular complexity index is 291. The molecule has 1 saturated heterocycles. The van der Waals surface area contributed by atoms with Crippen LogP contribution in [0.3, 0.4) is 0 Å². The monoisotopic (exact) mass is 242 g/mol. The van der Waals surface area contributed by atoms with E-state index >= 15 is 0 Å². The van der Waals surface area contributed by atoms with Gasteiger partial charge in [0.15, 0.2) is 0 Å². The van der Waals surface area contributed by atoms with Crippen LogP contribution in [0.25, 0.3) is 0 Å². The van der Waals surface area contributed by atoms with Gasteiger partial charge in [-0.05, 0) is 25.7 Å². The molecule has 0 aromatic heterocycles. The Morgan fingerprint density at radius 2 is 2.12 bits per heavy atom. The number of urea groups is 1. The number of likely N-dealkylation sites (tertiary alicyclic amines) is 1. The van der Waals surface area contributed by atoms with E-state index in [9.17, 15) is 9.59 Å². The van der Waals surface area contributed by atoms with Crippen LogP contribution in [-0.4, -0.2) is 41.1 Å². The van der Waals surface area contributed by atoms with E-state index < -0.39 is 11.9 Å². The molecule has 2 unspecified atom stereocenters. The molecule has 1 fully saturated rings. The van der Waals surface area contributed by atoms with Crippen molar-refractivity contribution in [3.05, 3.63) is 0 Å². The van der Waals surface area contributed by atoms with Gasteiger partial charge in [0.1, 0.15) is 0 Å². The first-order valence-corrected chi connectivity index (χ1v) is 6.20. The summed E-state index contributed by atoms with van der Waals surface area (Å²) in [6, 6.07) is -0.353. The van der Waals surface area contributed by atoms with Gasteiger partial charge in [-0.25, -0.2) is 4.79 Å². The number of carboxylic acid groups (broad SMARTS) is 1. The topological polar surface area (TPSA) is 69.6 Å². The van der Waals surface area contributed by atoms with Crippen molar-refractivity contribution in [2.45, 2.75) is 39.7 Å². The van der Waals surface area contributed by atoms with Gasteiger partial charge in [0.2, 0.25) is 0 Å². The fourth-order valence-electron chi connectivity index (χ4n) is 2.13. The first-order chi connectivity index (χ1) is 7.93. The molecule has 0 aromatic carbocycles. The average molecular weight is 242 g/mol. The van der Waals surface area contributed by atoms with Crippen LogP contribution in [0.15, 0.2) is 0 Å². The predicted molar refractivity (Wildman–Crippen MR) is 64.8 cm³/mol. The van der Waals surface area contributed by atoms with E-state index in [0.717, 1.165) is 6.42 Å². The zero-order chi connectivity index (χ0) is 13.0. The molecule has 1 heterocycles. The number of carboxylic acids is 1. The Morgan fingerprint density at radius 3 is 2.59 bits per heavy atom. The summed E-state index contributed by atoms with van der Waals surface area (Å²) in [5.74, 6) is -0.682. The second-order valence-corrected chi connectivity index (χ2v) is 5.08. The van der Waals surface area contributed by atoms with Crippen LogP contribution in [0.5, 0.6) is 0 Å². The van der Waals surface area contributed by atoms with Gasteiger partial charge in [-0.2, -0.15) is 0 Å². The molecule has 2 N–H and O–H groups in total. The molecular formula is C12H22N2O3. The minimum absolute atomic E-state index is 0.137. The second kappa shape index (κ2) is 5.89. The summed E-state index contributed by atoms with van der Waals surface area (Å²) in [6.07, 6.45) is 1.49. The lowest BCUT2D eigenvalue weighted by Crippen LogP contribution is -2.44. The Labute approximate surface area is 102 Å². The molecule has 0 aliphatic carbocycles. The van der Waals surface area contributed by atoms with Crippen LogP contribution in [0.2, 0.25) is 0 Å². The lowest BCUT2D eigenvalue weighted by Gasteiger charge is -2.23. The van der Waals surface area contributed by atoms with Crippen molar-refractivity contribution in [1.29, 1.82) is 0 Å². The summed E-state index contributed by atoms with van der Waals surface area (Å²) in [5, 5.41) is 11.8. The average Bonchev–Trinajstić information content (AvgIpc) is 2.59. The third-order valence-corrected chi connectivity index (χ3v) is 3.33. The van der Waals surface area contributed by atoms with Crippen molar-refractivity contribution in [1.82, 2.24) is 10.2 Å². The predicted octanol–water partition coefficient (Wildman–Crippen LogP) is 1.54. The van der Waals surface area contributed by atoms with Gasteiger partial charge in [0, 0.05) is 19.1 Å². The van der Waals surface area contributed by atoms with Crippen LogP contribution in [0, 0.1) is 11.8 Å². The maximum atomic E-state index is 11.8. The van der Waals surface area contributed by atoms with Crippen LogP contribution in [0.4, 0.5) is 4.79 Å². The van der Waals surface area contributed by atoms with Crippen molar-refractivity contribution in [2.24, 2.45) is 11.8 Å². The Kier molecular flexibility index (Phi) is 4.78. The Balaban J connectivity index is 2.41. The van der Waals surface area contributed by atoms with Gasteiger partial charge in [-0.3, -0.25) is 4.79 Å². The smallest absolute Gasteiger partial charge is 0.317 e. The van der Waals surface area contributed by atoms with Gasteiger partial charge in [-0.1, -0.05) is 13.8 Å². The molecule has 17 heavy (non-hydrogen) atoms.